The first-order chi connectivity index (χ1) is 6.05. The summed E-state index contributed by atoms with van der Waals surface area (Å²) in [6.45, 7) is 3.53. The molecule has 0 spiro atoms. The standard InChI is InChI=1S/C9H17BO3/c1-3-4-6-7(12)9(2,5-11)13-8(6)10/h6-8,11-12H,3-5H2,1-2H3/t6-,7+,8-,9-/m1/s1. The highest BCUT2D eigenvalue weighted by Crippen LogP contribution is 2.36. The molecule has 1 fully saturated rings. The van der Waals surface area contributed by atoms with Crippen LogP contribution < -0.4 is 0 Å². The molecular formula is C9H17BO3. The van der Waals surface area contributed by atoms with Crippen LogP contribution in [-0.2, 0) is 4.74 Å². The quantitative estimate of drug-likeness (QED) is 0.609. The van der Waals surface area contributed by atoms with Gasteiger partial charge >= 0.3 is 0 Å². The van der Waals surface area contributed by atoms with E-state index in [-0.39, 0.29) is 12.5 Å². The fourth-order valence-electron chi connectivity index (χ4n) is 1.89. The largest absolute Gasteiger partial charge is 0.393 e. The van der Waals surface area contributed by atoms with E-state index in [0.29, 0.717) is 0 Å². The van der Waals surface area contributed by atoms with Crippen LogP contribution in [-0.4, -0.2) is 42.4 Å². The highest BCUT2D eigenvalue weighted by molar-refractivity contribution is 6.11. The molecule has 0 bridgehead atoms. The Bertz CT molecular complexity index is 176. The minimum absolute atomic E-state index is 0.0536. The van der Waals surface area contributed by atoms with Crippen LogP contribution >= 0.6 is 0 Å². The van der Waals surface area contributed by atoms with Gasteiger partial charge in [0.1, 0.15) is 13.4 Å². The molecule has 0 aromatic carbocycles. The molecule has 1 aliphatic heterocycles. The molecule has 1 aliphatic rings. The van der Waals surface area contributed by atoms with Crippen LogP contribution in [0.3, 0.4) is 0 Å². The summed E-state index contributed by atoms with van der Waals surface area (Å²) < 4.78 is 5.35. The van der Waals surface area contributed by atoms with E-state index in [0.717, 1.165) is 12.8 Å². The van der Waals surface area contributed by atoms with E-state index in [2.05, 4.69) is 0 Å². The van der Waals surface area contributed by atoms with Gasteiger partial charge in [-0.1, -0.05) is 13.3 Å². The van der Waals surface area contributed by atoms with Gasteiger partial charge < -0.3 is 14.9 Å². The summed E-state index contributed by atoms with van der Waals surface area (Å²) in [6.07, 6.45) is 1.13. The molecule has 4 heteroatoms. The fraction of sp³-hybridized carbons (Fsp3) is 1.00. The van der Waals surface area contributed by atoms with Gasteiger partial charge in [0, 0.05) is 11.9 Å². The lowest BCUT2D eigenvalue weighted by molar-refractivity contribution is -0.0850. The van der Waals surface area contributed by atoms with Crippen molar-refractivity contribution in [3.8, 4) is 0 Å². The predicted octanol–water partition coefficient (Wildman–Crippen LogP) is 0.0394. The number of rotatable bonds is 3. The maximum Gasteiger partial charge on any atom is 0.114 e. The lowest BCUT2D eigenvalue weighted by Crippen LogP contribution is -2.41. The predicted molar refractivity (Wildman–Crippen MR) is 50.5 cm³/mol. The Morgan fingerprint density at radius 2 is 2.15 bits per heavy atom. The van der Waals surface area contributed by atoms with Gasteiger partial charge in [0.15, 0.2) is 0 Å². The van der Waals surface area contributed by atoms with Crippen LogP contribution in [0.5, 0.6) is 0 Å². The van der Waals surface area contributed by atoms with Crippen molar-refractivity contribution in [2.45, 2.75) is 44.4 Å². The average Bonchev–Trinajstić information content (AvgIpc) is 2.31. The van der Waals surface area contributed by atoms with Crippen LogP contribution in [0.15, 0.2) is 0 Å². The van der Waals surface area contributed by atoms with Crippen molar-refractivity contribution in [3.63, 3.8) is 0 Å². The normalized spacial score (nSPS) is 45.4. The van der Waals surface area contributed by atoms with E-state index in [1.165, 1.54) is 0 Å². The van der Waals surface area contributed by atoms with E-state index in [1.807, 2.05) is 6.92 Å². The minimum atomic E-state index is -0.876. The zero-order chi connectivity index (χ0) is 10.1. The summed E-state index contributed by atoms with van der Waals surface area (Å²) in [5.41, 5.74) is -0.876. The Balaban J connectivity index is 2.68. The summed E-state index contributed by atoms with van der Waals surface area (Å²) in [5, 5.41) is 18.9. The lowest BCUT2D eigenvalue weighted by atomic mass is 9.80. The summed E-state index contributed by atoms with van der Waals surface area (Å²) in [5.74, 6) is -0.0536. The molecule has 2 radical (unpaired) electrons. The van der Waals surface area contributed by atoms with Gasteiger partial charge in [-0.05, 0) is 13.3 Å². The van der Waals surface area contributed by atoms with E-state index < -0.39 is 17.7 Å². The molecule has 4 atom stereocenters. The maximum absolute atomic E-state index is 9.84. The van der Waals surface area contributed by atoms with Crippen LogP contribution in [0, 0.1) is 5.92 Å². The number of aliphatic hydroxyl groups is 2. The van der Waals surface area contributed by atoms with E-state index in [1.54, 1.807) is 6.92 Å². The van der Waals surface area contributed by atoms with Crippen molar-refractivity contribution >= 4 is 7.85 Å². The molecule has 1 rings (SSSR count). The van der Waals surface area contributed by atoms with Gasteiger partial charge in [-0.25, -0.2) is 0 Å². The summed E-state index contributed by atoms with van der Waals surface area (Å²) >= 11 is 0. The third-order valence-corrected chi connectivity index (χ3v) is 2.79. The highest BCUT2D eigenvalue weighted by Gasteiger charge is 2.48. The molecule has 0 aromatic heterocycles. The van der Waals surface area contributed by atoms with E-state index in [9.17, 15) is 5.11 Å². The van der Waals surface area contributed by atoms with Crippen LogP contribution in [0.1, 0.15) is 26.7 Å². The molecule has 0 unspecified atom stereocenters. The van der Waals surface area contributed by atoms with Gasteiger partial charge in [0.25, 0.3) is 0 Å². The van der Waals surface area contributed by atoms with Crippen molar-refractivity contribution in [1.29, 1.82) is 0 Å². The average molecular weight is 184 g/mol. The monoisotopic (exact) mass is 184 g/mol. The Morgan fingerprint density at radius 1 is 1.54 bits per heavy atom. The zero-order valence-electron chi connectivity index (χ0n) is 8.23. The van der Waals surface area contributed by atoms with Crippen molar-refractivity contribution in [2.24, 2.45) is 5.92 Å². The third kappa shape index (κ3) is 1.90. The second-order valence-corrected chi connectivity index (χ2v) is 3.95. The SMILES string of the molecule is [B][C@@H]1O[C@](C)(CO)[C@@H](O)[C@H]1CCC. The summed E-state index contributed by atoms with van der Waals surface area (Å²) in [6, 6.07) is -0.452. The van der Waals surface area contributed by atoms with Crippen LogP contribution in [0.4, 0.5) is 0 Å². The van der Waals surface area contributed by atoms with E-state index >= 15 is 0 Å². The van der Waals surface area contributed by atoms with Gasteiger partial charge in [0.05, 0.1) is 12.7 Å². The fourth-order valence-corrected chi connectivity index (χ4v) is 1.89. The Labute approximate surface area is 80.5 Å². The first-order valence-corrected chi connectivity index (χ1v) is 4.77. The second-order valence-electron chi connectivity index (χ2n) is 3.95. The molecular weight excluding hydrogens is 167 g/mol. The molecule has 0 aliphatic carbocycles. The van der Waals surface area contributed by atoms with Gasteiger partial charge in [0.2, 0.25) is 0 Å². The lowest BCUT2D eigenvalue weighted by Gasteiger charge is -2.26. The zero-order valence-corrected chi connectivity index (χ0v) is 8.23. The van der Waals surface area contributed by atoms with E-state index in [4.69, 9.17) is 17.7 Å². The number of ether oxygens (including phenoxy) is 1. The molecule has 0 aromatic rings. The first kappa shape index (κ1) is 11.0. The van der Waals surface area contributed by atoms with Gasteiger partial charge in [-0.2, -0.15) is 0 Å². The number of aliphatic hydroxyl groups excluding tert-OH is 2. The molecule has 0 saturated carbocycles. The smallest absolute Gasteiger partial charge is 0.114 e. The Hall–Kier alpha value is -0.0551. The molecule has 74 valence electrons. The topological polar surface area (TPSA) is 49.7 Å². The Morgan fingerprint density at radius 3 is 2.54 bits per heavy atom. The molecule has 13 heavy (non-hydrogen) atoms. The van der Waals surface area contributed by atoms with Crippen LogP contribution in [0.25, 0.3) is 0 Å². The summed E-state index contributed by atoms with van der Waals surface area (Å²) in [4.78, 5) is 0. The van der Waals surface area contributed by atoms with Gasteiger partial charge in [-0.3, -0.25) is 0 Å². The highest BCUT2D eigenvalue weighted by atomic mass is 16.5. The molecule has 2 N–H and O–H groups in total. The first-order valence-electron chi connectivity index (χ1n) is 4.77. The number of hydrogen-bond acceptors (Lipinski definition) is 3. The van der Waals surface area contributed by atoms with Crippen molar-refractivity contribution in [1.82, 2.24) is 0 Å². The second kappa shape index (κ2) is 3.99. The van der Waals surface area contributed by atoms with Crippen molar-refractivity contribution < 1.29 is 14.9 Å². The van der Waals surface area contributed by atoms with Crippen molar-refractivity contribution in [3.05, 3.63) is 0 Å². The number of hydrogen-bond donors (Lipinski definition) is 2. The minimum Gasteiger partial charge on any atom is -0.393 e. The molecule has 3 nitrogen and oxygen atoms in total. The molecule has 1 heterocycles. The Kier molecular flexibility index (Phi) is 3.38. The van der Waals surface area contributed by atoms with Crippen molar-refractivity contribution in [2.75, 3.05) is 6.61 Å². The molecule has 0 amide bonds. The summed E-state index contributed by atoms with van der Waals surface area (Å²) in [7, 11) is 5.71. The molecule has 1 saturated heterocycles. The third-order valence-electron chi connectivity index (χ3n) is 2.79. The van der Waals surface area contributed by atoms with Gasteiger partial charge in [-0.15, -0.1) is 0 Å². The van der Waals surface area contributed by atoms with Crippen LogP contribution in [0.2, 0.25) is 0 Å². The maximum atomic E-state index is 9.84.